The van der Waals surface area contributed by atoms with E-state index >= 15 is 0 Å². The lowest BCUT2D eigenvalue weighted by Gasteiger charge is -2.12. The van der Waals surface area contributed by atoms with E-state index in [1.54, 1.807) is 0 Å². The molecular formula is C13H13NO3. The summed E-state index contributed by atoms with van der Waals surface area (Å²) < 4.78 is 0. The molecule has 0 aromatic heterocycles. The largest absolute Gasteiger partial charge is 0.478 e. The smallest absolute Gasteiger partial charge is 0.328 e. The van der Waals surface area contributed by atoms with E-state index in [1.165, 1.54) is 5.56 Å². The zero-order valence-corrected chi connectivity index (χ0v) is 9.22. The summed E-state index contributed by atoms with van der Waals surface area (Å²) in [5.74, 6) is -1.49. The van der Waals surface area contributed by atoms with E-state index in [4.69, 9.17) is 5.11 Å². The van der Waals surface area contributed by atoms with Crippen LogP contribution in [0.3, 0.4) is 0 Å². The maximum atomic E-state index is 11.5. The second-order valence-electron chi connectivity index (χ2n) is 3.97. The van der Waals surface area contributed by atoms with Gasteiger partial charge in [-0.25, -0.2) is 4.79 Å². The molecule has 1 aromatic carbocycles. The standard InChI is InChI=1S/C13H13NO3/c15-12(7-8-13(16)17)14-11-6-5-9-3-1-2-4-10(9)11/h1-4,7-8,11H,5-6H2,(H,14,15)(H,16,17)/b8-7+. The minimum atomic E-state index is -1.12. The first-order chi connectivity index (χ1) is 8.16. The molecule has 0 aliphatic heterocycles. The Bertz CT molecular complexity index is 479. The first kappa shape index (κ1) is 11.4. The average molecular weight is 231 g/mol. The molecule has 1 atom stereocenters. The van der Waals surface area contributed by atoms with Gasteiger partial charge in [0, 0.05) is 12.2 Å². The van der Waals surface area contributed by atoms with Gasteiger partial charge < -0.3 is 10.4 Å². The van der Waals surface area contributed by atoms with Gasteiger partial charge in [-0.15, -0.1) is 0 Å². The Morgan fingerprint density at radius 3 is 2.82 bits per heavy atom. The van der Waals surface area contributed by atoms with E-state index in [1.807, 2.05) is 18.2 Å². The number of aryl methyl sites for hydroxylation is 1. The fraction of sp³-hybridized carbons (Fsp3) is 0.231. The Hall–Kier alpha value is -2.10. The summed E-state index contributed by atoms with van der Waals surface area (Å²) in [6, 6.07) is 7.96. The van der Waals surface area contributed by atoms with E-state index in [0.717, 1.165) is 30.6 Å². The van der Waals surface area contributed by atoms with Crippen LogP contribution in [0.4, 0.5) is 0 Å². The van der Waals surface area contributed by atoms with Crippen molar-refractivity contribution in [2.24, 2.45) is 0 Å². The molecule has 4 heteroatoms. The molecule has 0 spiro atoms. The fourth-order valence-electron chi connectivity index (χ4n) is 2.07. The Morgan fingerprint density at radius 1 is 1.29 bits per heavy atom. The monoisotopic (exact) mass is 231 g/mol. The molecule has 0 saturated carbocycles. The molecule has 1 aliphatic rings. The molecule has 88 valence electrons. The lowest BCUT2D eigenvalue weighted by atomic mass is 10.1. The maximum absolute atomic E-state index is 11.5. The number of carbonyl (C=O) groups is 2. The van der Waals surface area contributed by atoms with Crippen LogP contribution in [-0.2, 0) is 16.0 Å². The topological polar surface area (TPSA) is 66.4 Å². The quantitative estimate of drug-likeness (QED) is 0.773. The second kappa shape index (κ2) is 4.82. The van der Waals surface area contributed by atoms with Gasteiger partial charge in [-0.2, -0.15) is 0 Å². The summed E-state index contributed by atoms with van der Waals surface area (Å²) in [5, 5.41) is 11.2. The number of benzene rings is 1. The maximum Gasteiger partial charge on any atom is 0.328 e. The van der Waals surface area contributed by atoms with Crippen molar-refractivity contribution in [1.82, 2.24) is 5.32 Å². The normalized spacial score (nSPS) is 18.0. The highest BCUT2D eigenvalue weighted by atomic mass is 16.4. The van der Waals surface area contributed by atoms with Crippen LogP contribution < -0.4 is 5.32 Å². The number of amides is 1. The molecule has 0 saturated heterocycles. The van der Waals surface area contributed by atoms with Crippen LogP contribution in [0.2, 0.25) is 0 Å². The van der Waals surface area contributed by atoms with Gasteiger partial charge in [0.1, 0.15) is 0 Å². The van der Waals surface area contributed by atoms with Crippen LogP contribution in [0.15, 0.2) is 36.4 Å². The summed E-state index contributed by atoms with van der Waals surface area (Å²) in [6.07, 6.45) is 3.70. The molecule has 1 amide bonds. The minimum absolute atomic E-state index is 0.00264. The molecule has 2 rings (SSSR count). The molecule has 0 heterocycles. The molecule has 0 fully saturated rings. The van der Waals surface area contributed by atoms with Crippen LogP contribution in [0.1, 0.15) is 23.6 Å². The second-order valence-corrected chi connectivity index (χ2v) is 3.97. The molecule has 1 aromatic rings. The number of carboxylic acids is 1. The summed E-state index contributed by atoms with van der Waals surface area (Å²) in [4.78, 5) is 21.7. The van der Waals surface area contributed by atoms with Crippen LogP contribution in [0.25, 0.3) is 0 Å². The van der Waals surface area contributed by atoms with Crippen molar-refractivity contribution in [2.45, 2.75) is 18.9 Å². The Balaban J connectivity index is 2.02. The van der Waals surface area contributed by atoms with Gasteiger partial charge in [0.05, 0.1) is 6.04 Å². The summed E-state index contributed by atoms with van der Waals surface area (Å²) in [7, 11) is 0. The van der Waals surface area contributed by atoms with E-state index in [0.29, 0.717) is 0 Å². The van der Waals surface area contributed by atoms with Crippen molar-refractivity contribution in [3.05, 3.63) is 47.5 Å². The third-order valence-corrected chi connectivity index (χ3v) is 2.83. The Morgan fingerprint density at radius 2 is 2.06 bits per heavy atom. The molecule has 2 N–H and O–H groups in total. The lowest BCUT2D eigenvalue weighted by molar-refractivity contribution is -0.131. The summed E-state index contributed by atoms with van der Waals surface area (Å²) >= 11 is 0. The number of carbonyl (C=O) groups excluding carboxylic acids is 1. The number of rotatable bonds is 3. The number of aliphatic carboxylic acids is 1. The molecule has 0 bridgehead atoms. The lowest BCUT2D eigenvalue weighted by Crippen LogP contribution is -2.25. The van der Waals surface area contributed by atoms with Gasteiger partial charge in [0.15, 0.2) is 0 Å². The van der Waals surface area contributed by atoms with Gasteiger partial charge in [-0.1, -0.05) is 24.3 Å². The predicted molar refractivity (Wildman–Crippen MR) is 62.4 cm³/mol. The number of fused-ring (bicyclic) bond motifs is 1. The zero-order valence-electron chi connectivity index (χ0n) is 9.22. The molecule has 0 radical (unpaired) electrons. The van der Waals surface area contributed by atoms with Crippen molar-refractivity contribution < 1.29 is 14.7 Å². The van der Waals surface area contributed by atoms with Gasteiger partial charge in [0.25, 0.3) is 0 Å². The van der Waals surface area contributed by atoms with Gasteiger partial charge in [-0.05, 0) is 24.0 Å². The van der Waals surface area contributed by atoms with Crippen LogP contribution in [-0.4, -0.2) is 17.0 Å². The average Bonchev–Trinajstić information content (AvgIpc) is 2.70. The van der Waals surface area contributed by atoms with E-state index < -0.39 is 5.97 Å². The number of hydrogen-bond donors (Lipinski definition) is 2. The highest BCUT2D eigenvalue weighted by molar-refractivity contribution is 5.94. The number of hydrogen-bond acceptors (Lipinski definition) is 2. The molecular weight excluding hydrogens is 218 g/mol. The van der Waals surface area contributed by atoms with Crippen molar-refractivity contribution in [3.8, 4) is 0 Å². The molecule has 1 unspecified atom stereocenters. The highest BCUT2D eigenvalue weighted by Gasteiger charge is 2.22. The van der Waals surface area contributed by atoms with Crippen LogP contribution in [0, 0.1) is 0 Å². The van der Waals surface area contributed by atoms with Crippen LogP contribution in [0.5, 0.6) is 0 Å². The highest BCUT2D eigenvalue weighted by Crippen LogP contribution is 2.30. The predicted octanol–water partition coefficient (Wildman–Crippen LogP) is 1.43. The van der Waals surface area contributed by atoms with Crippen molar-refractivity contribution in [3.63, 3.8) is 0 Å². The third kappa shape index (κ3) is 2.72. The van der Waals surface area contributed by atoms with Crippen LogP contribution >= 0.6 is 0 Å². The number of carboxylic acid groups (broad SMARTS) is 1. The number of nitrogens with one attached hydrogen (secondary N) is 1. The molecule has 1 aliphatic carbocycles. The third-order valence-electron chi connectivity index (χ3n) is 2.83. The van der Waals surface area contributed by atoms with Gasteiger partial charge >= 0.3 is 5.97 Å². The summed E-state index contributed by atoms with van der Waals surface area (Å²) in [5.41, 5.74) is 2.38. The Labute approximate surface area is 99.0 Å². The van der Waals surface area contributed by atoms with E-state index in [-0.39, 0.29) is 11.9 Å². The van der Waals surface area contributed by atoms with E-state index in [9.17, 15) is 9.59 Å². The van der Waals surface area contributed by atoms with Crippen molar-refractivity contribution >= 4 is 11.9 Å². The van der Waals surface area contributed by atoms with Gasteiger partial charge in [0.2, 0.25) is 5.91 Å². The van der Waals surface area contributed by atoms with E-state index in [2.05, 4.69) is 11.4 Å². The molecule has 17 heavy (non-hydrogen) atoms. The first-order valence-corrected chi connectivity index (χ1v) is 5.46. The molecule has 4 nitrogen and oxygen atoms in total. The van der Waals surface area contributed by atoms with Gasteiger partial charge in [-0.3, -0.25) is 4.79 Å². The SMILES string of the molecule is O=C(O)/C=C/C(=O)NC1CCc2ccccc21. The minimum Gasteiger partial charge on any atom is -0.478 e. The first-order valence-electron chi connectivity index (χ1n) is 5.46. The Kier molecular flexibility index (Phi) is 3.23. The fourth-order valence-corrected chi connectivity index (χ4v) is 2.07. The summed E-state index contributed by atoms with van der Waals surface area (Å²) in [6.45, 7) is 0. The zero-order chi connectivity index (χ0) is 12.3. The van der Waals surface area contributed by atoms with Crippen molar-refractivity contribution in [1.29, 1.82) is 0 Å². The van der Waals surface area contributed by atoms with Crippen molar-refractivity contribution in [2.75, 3.05) is 0 Å².